The molecule has 1 saturated carbocycles. The van der Waals surface area contributed by atoms with Crippen molar-refractivity contribution in [1.82, 2.24) is 9.97 Å². The molecule has 154 valence electrons. The van der Waals surface area contributed by atoms with Crippen LogP contribution in [-0.2, 0) is 9.47 Å². The standard InChI is InChI=1S/C15H28N6O6/c16-5-3-6(17)13(12(25)9(5)22)27-14-8(18)11(24)10(23)7(26-14)4-21-15-19-1-2-20-15/h1-2,5-14,22-25H,3-4,16-18H2,(H2,19,20,21)/t5-,6+,7-,8-,9+,10-,11-,12-,13-,14-/m1/s1. The van der Waals surface area contributed by atoms with E-state index in [0.29, 0.717) is 5.95 Å². The number of aromatic amines is 1. The maximum Gasteiger partial charge on any atom is 0.200 e. The summed E-state index contributed by atoms with van der Waals surface area (Å²) in [6.07, 6.45) is -4.71. The molecule has 1 saturated heterocycles. The van der Waals surface area contributed by atoms with Crippen molar-refractivity contribution in [3.05, 3.63) is 12.4 Å². The largest absolute Gasteiger partial charge is 0.389 e. The Labute approximate surface area is 155 Å². The van der Waals surface area contributed by atoms with Gasteiger partial charge in [0, 0.05) is 31.0 Å². The maximum atomic E-state index is 10.3. The monoisotopic (exact) mass is 388 g/mol. The Morgan fingerprint density at radius 2 is 1.85 bits per heavy atom. The normalized spacial score (nSPS) is 45.6. The minimum absolute atomic E-state index is 0.116. The highest BCUT2D eigenvalue weighted by Gasteiger charge is 2.48. The number of nitrogens with two attached hydrogens (primary N) is 3. The van der Waals surface area contributed by atoms with Gasteiger partial charge in [-0.25, -0.2) is 4.98 Å². The number of nitrogens with zero attached hydrogens (tertiary/aromatic N) is 1. The van der Waals surface area contributed by atoms with E-state index in [-0.39, 0.29) is 13.0 Å². The van der Waals surface area contributed by atoms with Crippen LogP contribution in [0.3, 0.4) is 0 Å². The fraction of sp³-hybridized carbons (Fsp3) is 0.800. The van der Waals surface area contributed by atoms with Crippen molar-refractivity contribution in [2.24, 2.45) is 17.2 Å². The summed E-state index contributed by atoms with van der Waals surface area (Å²) in [5.74, 6) is 0.467. The van der Waals surface area contributed by atoms with Gasteiger partial charge in [0.2, 0.25) is 0 Å². The van der Waals surface area contributed by atoms with Crippen molar-refractivity contribution in [3.8, 4) is 0 Å². The molecule has 1 aliphatic heterocycles. The number of anilines is 1. The van der Waals surface area contributed by atoms with Crippen molar-refractivity contribution < 1.29 is 29.9 Å². The van der Waals surface area contributed by atoms with E-state index in [9.17, 15) is 20.4 Å². The first-order valence-electron chi connectivity index (χ1n) is 8.82. The van der Waals surface area contributed by atoms with Crippen LogP contribution in [0.15, 0.2) is 12.4 Å². The molecule has 1 aliphatic carbocycles. The summed E-state index contributed by atoms with van der Waals surface area (Å²) in [4.78, 5) is 6.84. The highest BCUT2D eigenvalue weighted by molar-refractivity contribution is 5.23. The predicted molar refractivity (Wildman–Crippen MR) is 93.2 cm³/mol. The molecule has 27 heavy (non-hydrogen) atoms. The van der Waals surface area contributed by atoms with Crippen molar-refractivity contribution in [2.75, 3.05) is 11.9 Å². The summed E-state index contributed by atoms with van der Waals surface area (Å²) in [6.45, 7) is 0.116. The van der Waals surface area contributed by atoms with Gasteiger partial charge in [0.25, 0.3) is 0 Å². The minimum atomic E-state index is -1.33. The summed E-state index contributed by atoms with van der Waals surface area (Å²) in [5.41, 5.74) is 17.7. The van der Waals surface area contributed by atoms with Crippen LogP contribution in [0.2, 0.25) is 0 Å². The first-order chi connectivity index (χ1) is 12.8. The highest BCUT2D eigenvalue weighted by Crippen LogP contribution is 2.27. The molecule has 2 heterocycles. The lowest BCUT2D eigenvalue weighted by Crippen LogP contribution is -2.67. The Balaban J connectivity index is 1.66. The first kappa shape index (κ1) is 20.4. The fourth-order valence-electron chi connectivity index (χ4n) is 3.43. The van der Waals surface area contributed by atoms with Crippen LogP contribution in [0.25, 0.3) is 0 Å². The van der Waals surface area contributed by atoms with E-state index < -0.39 is 61.0 Å². The zero-order valence-electron chi connectivity index (χ0n) is 14.6. The van der Waals surface area contributed by atoms with Gasteiger partial charge in [0.15, 0.2) is 12.2 Å². The van der Waals surface area contributed by atoms with Crippen LogP contribution in [0.5, 0.6) is 0 Å². The number of imidazole rings is 1. The second-order valence-corrected chi connectivity index (χ2v) is 7.07. The van der Waals surface area contributed by atoms with Gasteiger partial charge in [-0.15, -0.1) is 0 Å². The molecular formula is C15H28N6O6. The zero-order chi connectivity index (χ0) is 19.7. The van der Waals surface area contributed by atoms with E-state index in [1.165, 1.54) is 0 Å². The number of nitrogens with one attached hydrogen (secondary N) is 2. The van der Waals surface area contributed by atoms with Crippen LogP contribution in [0.4, 0.5) is 5.95 Å². The minimum Gasteiger partial charge on any atom is -0.389 e. The third-order valence-corrected chi connectivity index (χ3v) is 5.10. The molecule has 0 radical (unpaired) electrons. The van der Waals surface area contributed by atoms with Crippen molar-refractivity contribution in [2.45, 2.75) is 67.5 Å². The van der Waals surface area contributed by atoms with Crippen LogP contribution >= 0.6 is 0 Å². The molecule has 0 aromatic carbocycles. The Kier molecular flexibility index (Phi) is 6.30. The fourth-order valence-corrected chi connectivity index (χ4v) is 3.43. The molecule has 10 atom stereocenters. The third-order valence-electron chi connectivity index (χ3n) is 5.10. The van der Waals surface area contributed by atoms with Gasteiger partial charge in [-0.2, -0.15) is 0 Å². The molecule has 12 N–H and O–H groups in total. The van der Waals surface area contributed by atoms with Gasteiger partial charge in [0.1, 0.15) is 30.5 Å². The molecule has 2 fully saturated rings. The smallest absolute Gasteiger partial charge is 0.200 e. The Morgan fingerprint density at radius 1 is 1.11 bits per heavy atom. The third kappa shape index (κ3) is 4.23. The second-order valence-electron chi connectivity index (χ2n) is 7.07. The number of H-pyrrole nitrogens is 1. The molecule has 12 heteroatoms. The number of aliphatic hydroxyl groups is 4. The average molecular weight is 388 g/mol. The van der Waals surface area contributed by atoms with Crippen LogP contribution in [0, 0.1) is 0 Å². The molecule has 2 aliphatic rings. The van der Waals surface area contributed by atoms with E-state index in [1.54, 1.807) is 12.4 Å². The van der Waals surface area contributed by atoms with Crippen molar-refractivity contribution in [1.29, 1.82) is 0 Å². The summed E-state index contributed by atoms with van der Waals surface area (Å²) in [6, 6.07) is -2.40. The number of aromatic nitrogens is 2. The predicted octanol–water partition coefficient (Wildman–Crippen LogP) is -4.24. The summed E-state index contributed by atoms with van der Waals surface area (Å²) in [5, 5.41) is 43.6. The second kappa shape index (κ2) is 8.34. The summed E-state index contributed by atoms with van der Waals surface area (Å²) < 4.78 is 11.4. The molecule has 12 nitrogen and oxygen atoms in total. The van der Waals surface area contributed by atoms with Gasteiger partial charge in [-0.1, -0.05) is 0 Å². The lowest BCUT2D eigenvalue weighted by atomic mass is 9.84. The van der Waals surface area contributed by atoms with Crippen LogP contribution < -0.4 is 22.5 Å². The van der Waals surface area contributed by atoms with Gasteiger partial charge < -0.3 is 57.4 Å². The highest BCUT2D eigenvalue weighted by atomic mass is 16.7. The molecule has 0 unspecified atom stereocenters. The topological polar surface area (TPSA) is 218 Å². The Hall–Kier alpha value is -1.35. The quantitative estimate of drug-likeness (QED) is 0.235. The number of rotatable bonds is 5. The molecule has 3 rings (SSSR count). The summed E-state index contributed by atoms with van der Waals surface area (Å²) >= 11 is 0. The maximum absolute atomic E-state index is 10.3. The first-order valence-corrected chi connectivity index (χ1v) is 8.82. The van der Waals surface area contributed by atoms with Gasteiger partial charge in [-0.05, 0) is 6.42 Å². The van der Waals surface area contributed by atoms with Gasteiger partial charge in [0.05, 0.1) is 12.1 Å². The van der Waals surface area contributed by atoms with Crippen molar-refractivity contribution >= 4 is 5.95 Å². The Bertz CT molecular complexity index is 593. The van der Waals surface area contributed by atoms with Crippen molar-refractivity contribution in [3.63, 3.8) is 0 Å². The molecule has 1 aromatic heterocycles. The van der Waals surface area contributed by atoms with E-state index in [4.69, 9.17) is 26.7 Å². The SMILES string of the molecule is N[C@H]1[C@@H](O[C@H]2[C@H](O)[C@@H](O)[C@H](N)C[C@@H]2N)O[C@H](CNc2ncc[nH]2)[C@@H](O)[C@@H]1O. The van der Waals surface area contributed by atoms with Crippen LogP contribution in [0.1, 0.15) is 6.42 Å². The van der Waals surface area contributed by atoms with E-state index in [2.05, 4.69) is 15.3 Å². The Morgan fingerprint density at radius 3 is 2.52 bits per heavy atom. The van der Waals surface area contributed by atoms with E-state index in [1.807, 2.05) is 0 Å². The molecule has 0 amide bonds. The van der Waals surface area contributed by atoms with Gasteiger partial charge in [-0.3, -0.25) is 0 Å². The molecule has 1 aromatic rings. The lowest BCUT2D eigenvalue weighted by Gasteiger charge is -2.45. The number of aliphatic hydroxyl groups excluding tert-OH is 4. The molecule has 0 spiro atoms. The number of hydrogen-bond acceptors (Lipinski definition) is 11. The van der Waals surface area contributed by atoms with Crippen LogP contribution in [-0.4, -0.2) is 98.0 Å². The zero-order valence-corrected chi connectivity index (χ0v) is 14.6. The average Bonchev–Trinajstić information content (AvgIpc) is 3.16. The molecule has 0 bridgehead atoms. The van der Waals surface area contributed by atoms with E-state index >= 15 is 0 Å². The summed E-state index contributed by atoms with van der Waals surface area (Å²) in [7, 11) is 0. The van der Waals surface area contributed by atoms with Gasteiger partial charge >= 0.3 is 0 Å². The number of hydrogen-bond donors (Lipinski definition) is 9. The molecular weight excluding hydrogens is 360 g/mol. The van der Waals surface area contributed by atoms with E-state index in [0.717, 1.165) is 0 Å². The number of ether oxygens (including phenoxy) is 2. The lowest BCUT2D eigenvalue weighted by molar-refractivity contribution is -0.287.